The summed E-state index contributed by atoms with van der Waals surface area (Å²) in [6.07, 6.45) is 1.34. The normalized spacial score (nSPS) is 32.3. The molecule has 1 aliphatic rings. The van der Waals surface area contributed by atoms with Crippen LogP contribution in [-0.2, 0) is 4.79 Å². The van der Waals surface area contributed by atoms with Gasteiger partial charge in [0.1, 0.15) is 11.3 Å². The monoisotopic (exact) mass is 217 g/mol. The smallest absolute Gasteiger partial charge is 0.162 e. The Balaban J connectivity index is 2.55. The molecule has 0 aromatic rings. The fourth-order valence-corrected chi connectivity index (χ4v) is 1.98. The summed E-state index contributed by atoms with van der Waals surface area (Å²) in [4.78, 5) is 13.0. The highest BCUT2D eigenvalue weighted by Gasteiger charge is 2.35. The number of hydrogen-bond donors (Lipinski definition) is 1. The summed E-state index contributed by atoms with van der Waals surface area (Å²) in [5.74, 6) is -0.270. The van der Waals surface area contributed by atoms with Crippen molar-refractivity contribution >= 4 is 5.78 Å². The Labute approximate surface area is 90.3 Å². The molecule has 1 N–H and O–H groups in total. The van der Waals surface area contributed by atoms with Gasteiger partial charge in [-0.1, -0.05) is 0 Å². The van der Waals surface area contributed by atoms with E-state index in [0.717, 1.165) is 13.0 Å². The van der Waals surface area contributed by atoms with Gasteiger partial charge >= 0.3 is 0 Å². The number of Topliss-reactive ketones (excluding diaryl/α,β-unsaturated/α-hetero) is 1. The van der Waals surface area contributed by atoms with Crippen LogP contribution in [0.4, 0.5) is 4.39 Å². The predicted octanol–water partition coefficient (Wildman–Crippen LogP) is 1.15. The summed E-state index contributed by atoms with van der Waals surface area (Å²) in [5.41, 5.74) is -2.54. The number of carbonyl (C=O) groups excluding carboxylic acids is 1. The van der Waals surface area contributed by atoms with E-state index in [0.29, 0.717) is 13.0 Å². The minimum absolute atomic E-state index is 0.224. The Hall–Kier alpha value is -0.480. The van der Waals surface area contributed by atoms with Crippen molar-refractivity contribution in [1.29, 1.82) is 0 Å². The summed E-state index contributed by atoms with van der Waals surface area (Å²) < 4.78 is 13.7. The van der Waals surface area contributed by atoms with Crippen molar-refractivity contribution in [3.8, 4) is 0 Å². The van der Waals surface area contributed by atoms with E-state index in [4.69, 9.17) is 0 Å². The minimum atomic E-state index is -1.35. The van der Waals surface area contributed by atoms with E-state index in [-0.39, 0.29) is 12.3 Å². The van der Waals surface area contributed by atoms with Crippen LogP contribution in [0, 0.1) is 0 Å². The zero-order chi connectivity index (χ0) is 11.7. The van der Waals surface area contributed by atoms with Crippen LogP contribution in [0.2, 0.25) is 0 Å². The standard InChI is InChI=1S/C11H20FNO2/c1-9(14)11(3,15)8-13-6-4-5-10(2,12)7-13/h15H,4-8H2,1-3H3/t10-,11-/m0/s1. The lowest BCUT2D eigenvalue weighted by molar-refractivity contribution is -0.136. The Morgan fingerprint density at radius 1 is 1.67 bits per heavy atom. The maximum absolute atomic E-state index is 13.7. The van der Waals surface area contributed by atoms with Crippen molar-refractivity contribution in [3.05, 3.63) is 0 Å². The van der Waals surface area contributed by atoms with Crippen LogP contribution in [0.25, 0.3) is 0 Å². The maximum atomic E-state index is 13.7. The third kappa shape index (κ3) is 3.54. The number of rotatable bonds is 3. The topological polar surface area (TPSA) is 40.5 Å². The van der Waals surface area contributed by atoms with Crippen molar-refractivity contribution in [2.24, 2.45) is 0 Å². The number of halogens is 1. The van der Waals surface area contributed by atoms with Gasteiger partial charge in [0.15, 0.2) is 5.78 Å². The van der Waals surface area contributed by atoms with Gasteiger partial charge in [0.05, 0.1) is 0 Å². The molecule has 0 unspecified atom stereocenters. The lowest BCUT2D eigenvalue weighted by Crippen LogP contribution is -2.51. The van der Waals surface area contributed by atoms with Gasteiger partial charge in [0.2, 0.25) is 0 Å². The number of β-amino-alcohol motifs (C(OH)–C–C–N with tert-alkyl or cyclic N) is 1. The summed E-state index contributed by atoms with van der Waals surface area (Å²) in [6.45, 7) is 5.70. The van der Waals surface area contributed by atoms with E-state index in [1.54, 1.807) is 6.92 Å². The first kappa shape index (κ1) is 12.6. The van der Waals surface area contributed by atoms with Crippen molar-refractivity contribution in [2.75, 3.05) is 19.6 Å². The predicted molar refractivity (Wildman–Crippen MR) is 56.5 cm³/mol. The van der Waals surface area contributed by atoms with E-state index in [1.807, 2.05) is 4.90 Å². The number of aliphatic hydroxyl groups is 1. The van der Waals surface area contributed by atoms with Crippen LogP contribution in [0.15, 0.2) is 0 Å². The van der Waals surface area contributed by atoms with Gasteiger partial charge in [-0.05, 0) is 40.2 Å². The van der Waals surface area contributed by atoms with Crippen LogP contribution in [0.1, 0.15) is 33.6 Å². The Morgan fingerprint density at radius 3 is 2.73 bits per heavy atom. The molecule has 88 valence electrons. The second kappa shape index (κ2) is 4.18. The highest BCUT2D eigenvalue weighted by atomic mass is 19.1. The summed E-state index contributed by atoms with van der Waals surface area (Å²) >= 11 is 0. The number of ketones is 1. The molecule has 1 saturated heterocycles. The quantitative estimate of drug-likeness (QED) is 0.771. The molecular formula is C11H20FNO2. The zero-order valence-corrected chi connectivity index (χ0v) is 9.72. The molecule has 0 bridgehead atoms. The van der Waals surface area contributed by atoms with Gasteiger partial charge in [0, 0.05) is 13.1 Å². The molecule has 1 aliphatic heterocycles. The van der Waals surface area contributed by atoms with E-state index >= 15 is 0 Å². The molecule has 1 rings (SSSR count). The highest BCUT2D eigenvalue weighted by Crippen LogP contribution is 2.25. The first-order valence-corrected chi connectivity index (χ1v) is 5.38. The molecule has 0 amide bonds. The van der Waals surface area contributed by atoms with Crippen LogP contribution < -0.4 is 0 Å². The summed E-state index contributed by atoms with van der Waals surface area (Å²) in [7, 11) is 0. The number of alkyl halides is 1. The second-order valence-corrected chi connectivity index (χ2v) is 5.06. The highest BCUT2D eigenvalue weighted by molar-refractivity contribution is 5.84. The Morgan fingerprint density at radius 2 is 2.27 bits per heavy atom. The zero-order valence-electron chi connectivity index (χ0n) is 9.72. The van der Waals surface area contributed by atoms with E-state index in [9.17, 15) is 14.3 Å². The number of nitrogens with zero attached hydrogens (tertiary/aromatic N) is 1. The molecule has 0 radical (unpaired) electrons. The molecule has 1 fully saturated rings. The van der Waals surface area contributed by atoms with Gasteiger partial charge in [0.25, 0.3) is 0 Å². The molecule has 0 aromatic carbocycles. The number of hydrogen-bond acceptors (Lipinski definition) is 3. The Kier molecular flexibility index (Phi) is 3.51. The van der Waals surface area contributed by atoms with Gasteiger partial charge < -0.3 is 5.11 Å². The average Bonchev–Trinajstić information content (AvgIpc) is 2.00. The number of likely N-dealkylation sites (tertiary alicyclic amines) is 1. The first-order valence-electron chi connectivity index (χ1n) is 5.38. The third-order valence-electron chi connectivity index (χ3n) is 3.02. The SMILES string of the molecule is CC(=O)[C@@](C)(O)CN1CCC[C@](C)(F)C1. The number of piperidine rings is 1. The van der Waals surface area contributed by atoms with Gasteiger partial charge in [-0.3, -0.25) is 9.69 Å². The van der Waals surface area contributed by atoms with E-state index < -0.39 is 11.3 Å². The molecule has 2 atom stereocenters. The third-order valence-corrected chi connectivity index (χ3v) is 3.02. The fraction of sp³-hybridized carbons (Fsp3) is 0.909. The van der Waals surface area contributed by atoms with Crippen molar-refractivity contribution in [3.63, 3.8) is 0 Å². The van der Waals surface area contributed by atoms with Gasteiger partial charge in [-0.25, -0.2) is 4.39 Å². The molecular weight excluding hydrogens is 197 g/mol. The first-order chi connectivity index (χ1) is 6.73. The molecule has 0 aliphatic carbocycles. The largest absolute Gasteiger partial charge is 0.381 e. The van der Waals surface area contributed by atoms with Crippen LogP contribution >= 0.6 is 0 Å². The molecule has 1 heterocycles. The molecule has 0 spiro atoms. The van der Waals surface area contributed by atoms with E-state index in [1.165, 1.54) is 13.8 Å². The summed E-state index contributed by atoms with van der Waals surface area (Å²) in [5, 5.41) is 9.80. The number of carbonyl (C=O) groups is 1. The van der Waals surface area contributed by atoms with Gasteiger partial charge in [-0.15, -0.1) is 0 Å². The molecule has 4 heteroatoms. The minimum Gasteiger partial charge on any atom is -0.381 e. The van der Waals surface area contributed by atoms with Crippen LogP contribution in [0.5, 0.6) is 0 Å². The van der Waals surface area contributed by atoms with E-state index in [2.05, 4.69) is 0 Å². The van der Waals surface area contributed by atoms with Gasteiger partial charge in [-0.2, -0.15) is 0 Å². The second-order valence-electron chi connectivity index (χ2n) is 5.06. The fourth-order valence-electron chi connectivity index (χ4n) is 1.98. The molecule has 15 heavy (non-hydrogen) atoms. The maximum Gasteiger partial charge on any atom is 0.162 e. The molecule has 0 saturated carbocycles. The van der Waals surface area contributed by atoms with Crippen molar-refractivity contribution < 1.29 is 14.3 Å². The van der Waals surface area contributed by atoms with Crippen LogP contribution in [-0.4, -0.2) is 46.7 Å². The average molecular weight is 217 g/mol. The lowest BCUT2D eigenvalue weighted by Gasteiger charge is -2.38. The van der Waals surface area contributed by atoms with Crippen molar-refractivity contribution in [2.45, 2.75) is 44.9 Å². The summed E-state index contributed by atoms with van der Waals surface area (Å²) in [6, 6.07) is 0. The molecule has 3 nitrogen and oxygen atoms in total. The lowest BCUT2D eigenvalue weighted by atomic mass is 9.94. The van der Waals surface area contributed by atoms with Crippen molar-refractivity contribution in [1.82, 2.24) is 4.90 Å². The Bertz CT molecular complexity index is 251. The molecule has 0 aromatic heterocycles. The van der Waals surface area contributed by atoms with Crippen LogP contribution in [0.3, 0.4) is 0 Å².